The van der Waals surface area contributed by atoms with E-state index in [1.165, 1.54) is 18.1 Å². The standard InChI is InChI=1S/C26H18F2N4O2S/c27-17-3-9-22(28)16(12-17)14-34-19-6-10-24(35-20-7-4-18(33)5-8-20)23(13-19)32-26-21-2-1-11-29-25(21)30-15-31-26/h1-13,15,33H,14H2,(H,29,30,31,32). The molecule has 0 fully saturated rings. The third-order valence-electron chi connectivity index (χ3n) is 5.08. The summed E-state index contributed by atoms with van der Waals surface area (Å²) in [6.07, 6.45) is 3.09. The highest BCUT2D eigenvalue weighted by atomic mass is 32.2. The number of rotatable bonds is 7. The van der Waals surface area contributed by atoms with Crippen LogP contribution in [0.5, 0.6) is 11.5 Å². The molecule has 0 saturated carbocycles. The van der Waals surface area contributed by atoms with E-state index in [1.807, 2.05) is 24.3 Å². The summed E-state index contributed by atoms with van der Waals surface area (Å²) in [7, 11) is 0. The fraction of sp³-hybridized carbons (Fsp3) is 0.0385. The lowest BCUT2D eigenvalue weighted by Gasteiger charge is -2.15. The number of nitrogens with zero attached hydrogens (tertiary/aromatic N) is 3. The predicted molar refractivity (Wildman–Crippen MR) is 130 cm³/mol. The second-order valence-corrected chi connectivity index (χ2v) is 8.62. The Bertz CT molecular complexity index is 1490. The molecule has 0 aliphatic carbocycles. The van der Waals surface area contributed by atoms with E-state index in [1.54, 1.807) is 36.5 Å². The molecule has 5 aromatic rings. The molecule has 0 saturated heterocycles. The number of pyridine rings is 1. The van der Waals surface area contributed by atoms with Crippen molar-refractivity contribution in [2.75, 3.05) is 5.32 Å². The number of fused-ring (bicyclic) bond motifs is 1. The van der Waals surface area contributed by atoms with E-state index in [0.717, 1.165) is 33.4 Å². The highest BCUT2D eigenvalue weighted by Gasteiger charge is 2.12. The van der Waals surface area contributed by atoms with Gasteiger partial charge < -0.3 is 15.2 Å². The third kappa shape index (κ3) is 5.30. The fourth-order valence-corrected chi connectivity index (χ4v) is 4.25. The van der Waals surface area contributed by atoms with Crippen molar-refractivity contribution >= 4 is 34.3 Å². The number of hydrogen-bond donors (Lipinski definition) is 2. The highest BCUT2D eigenvalue weighted by molar-refractivity contribution is 7.99. The lowest BCUT2D eigenvalue weighted by Crippen LogP contribution is -2.01. The zero-order valence-electron chi connectivity index (χ0n) is 18.2. The van der Waals surface area contributed by atoms with Crippen LogP contribution in [0, 0.1) is 11.6 Å². The Morgan fingerprint density at radius 3 is 2.63 bits per heavy atom. The SMILES string of the molecule is Oc1ccc(Sc2ccc(OCc3cc(F)ccc3F)cc2Nc2ncnc3ncccc23)cc1. The second kappa shape index (κ2) is 9.94. The van der Waals surface area contributed by atoms with Crippen molar-refractivity contribution in [3.8, 4) is 11.5 Å². The van der Waals surface area contributed by atoms with Gasteiger partial charge in [-0.2, -0.15) is 0 Å². The van der Waals surface area contributed by atoms with E-state index in [9.17, 15) is 13.9 Å². The Labute approximate surface area is 203 Å². The van der Waals surface area contributed by atoms with Gasteiger partial charge in [0.05, 0.1) is 11.1 Å². The molecule has 0 radical (unpaired) electrons. The molecule has 0 aliphatic heterocycles. The minimum absolute atomic E-state index is 0.120. The van der Waals surface area contributed by atoms with Gasteiger partial charge in [-0.1, -0.05) is 11.8 Å². The van der Waals surface area contributed by atoms with Crippen LogP contribution in [-0.2, 0) is 6.61 Å². The first-order chi connectivity index (χ1) is 17.0. The number of hydrogen-bond acceptors (Lipinski definition) is 7. The van der Waals surface area contributed by atoms with E-state index < -0.39 is 11.6 Å². The average molecular weight is 489 g/mol. The quantitative estimate of drug-likeness (QED) is 0.271. The molecule has 6 nitrogen and oxygen atoms in total. The van der Waals surface area contributed by atoms with Crippen molar-refractivity contribution in [1.82, 2.24) is 15.0 Å². The lowest BCUT2D eigenvalue weighted by atomic mass is 10.2. The highest BCUT2D eigenvalue weighted by Crippen LogP contribution is 2.38. The van der Waals surface area contributed by atoms with Crippen molar-refractivity contribution in [2.24, 2.45) is 0 Å². The molecule has 0 atom stereocenters. The van der Waals surface area contributed by atoms with Crippen molar-refractivity contribution in [2.45, 2.75) is 16.4 Å². The maximum atomic E-state index is 14.0. The van der Waals surface area contributed by atoms with Crippen LogP contribution in [0.4, 0.5) is 20.3 Å². The molecule has 0 spiro atoms. The Kier molecular flexibility index (Phi) is 6.40. The topological polar surface area (TPSA) is 80.2 Å². The Morgan fingerprint density at radius 2 is 1.77 bits per heavy atom. The largest absolute Gasteiger partial charge is 0.508 e. The second-order valence-electron chi connectivity index (χ2n) is 7.50. The van der Waals surface area contributed by atoms with Crippen LogP contribution in [0.3, 0.4) is 0 Å². The summed E-state index contributed by atoms with van der Waals surface area (Å²) in [5.74, 6) is 0.133. The molecular formula is C26H18F2N4O2S. The molecule has 2 heterocycles. The van der Waals surface area contributed by atoms with Gasteiger partial charge in [0.1, 0.15) is 41.9 Å². The minimum atomic E-state index is -0.538. The van der Waals surface area contributed by atoms with Gasteiger partial charge in [-0.3, -0.25) is 0 Å². The summed E-state index contributed by atoms with van der Waals surface area (Å²) < 4.78 is 33.3. The summed E-state index contributed by atoms with van der Waals surface area (Å²) >= 11 is 1.48. The minimum Gasteiger partial charge on any atom is -0.508 e. The van der Waals surface area contributed by atoms with E-state index in [-0.39, 0.29) is 17.9 Å². The molecule has 0 aliphatic rings. The molecule has 0 unspecified atom stereocenters. The van der Waals surface area contributed by atoms with Crippen LogP contribution < -0.4 is 10.1 Å². The van der Waals surface area contributed by atoms with E-state index >= 15 is 0 Å². The van der Waals surface area contributed by atoms with Crippen LogP contribution in [0.25, 0.3) is 11.0 Å². The molecule has 2 aromatic heterocycles. The molecule has 9 heteroatoms. The maximum Gasteiger partial charge on any atom is 0.164 e. The first-order valence-electron chi connectivity index (χ1n) is 10.6. The van der Waals surface area contributed by atoms with Crippen LogP contribution in [0.1, 0.15) is 5.56 Å². The molecule has 5 rings (SSSR count). The van der Waals surface area contributed by atoms with Crippen LogP contribution in [0.15, 0.2) is 95.1 Å². The van der Waals surface area contributed by atoms with Gasteiger partial charge in [-0.05, 0) is 66.7 Å². The van der Waals surface area contributed by atoms with Crippen molar-refractivity contribution in [1.29, 1.82) is 0 Å². The molecule has 0 amide bonds. The van der Waals surface area contributed by atoms with Gasteiger partial charge in [0.15, 0.2) is 5.65 Å². The number of ether oxygens (including phenoxy) is 1. The van der Waals surface area contributed by atoms with E-state index in [4.69, 9.17) is 4.74 Å². The number of aromatic nitrogens is 3. The smallest absolute Gasteiger partial charge is 0.164 e. The van der Waals surface area contributed by atoms with E-state index in [2.05, 4.69) is 20.3 Å². The molecule has 0 bridgehead atoms. The van der Waals surface area contributed by atoms with Gasteiger partial charge in [0.25, 0.3) is 0 Å². The summed E-state index contributed by atoms with van der Waals surface area (Å²) in [5.41, 5.74) is 1.35. The summed E-state index contributed by atoms with van der Waals surface area (Å²) in [5, 5.41) is 13.7. The number of benzene rings is 3. The zero-order chi connectivity index (χ0) is 24.2. The van der Waals surface area contributed by atoms with Gasteiger partial charge in [0.2, 0.25) is 0 Å². The summed E-state index contributed by atoms with van der Waals surface area (Å²) in [4.78, 5) is 14.6. The van der Waals surface area contributed by atoms with E-state index in [0.29, 0.717) is 22.9 Å². The Balaban J connectivity index is 1.47. The molecule has 2 N–H and O–H groups in total. The number of nitrogens with one attached hydrogen (secondary N) is 1. The number of anilines is 2. The zero-order valence-corrected chi connectivity index (χ0v) is 19.0. The predicted octanol–water partition coefficient (Wildman–Crippen LogP) is 6.48. The normalized spacial score (nSPS) is 10.9. The van der Waals surface area contributed by atoms with Gasteiger partial charge in [0, 0.05) is 27.6 Å². The molecular weight excluding hydrogens is 470 g/mol. The summed E-state index contributed by atoms with van der Waals surface area (Å²) in [6.45, 7) is -0.131. The van der Waals surface area contributed by atoms with Gasteiger partial charge in [-0.25, -0.2) is 23.7 Å². The number of phenolic OH excluding ortho intramolecular Hbond substituents is 1. The lowest BCUT2D eigenvalue weighted by molar-refractivity contribution is 0.299. The average Bonchev–Trinajstić information content (AvgIpc) is 2.87. The van der Waals surface area contributed by atoms with Crippen molar-refractivity contribution < 1.29 is 18.6 Å². The molecule has 35 heavy (non-hydrogen) atoms. The van der Waals surface area contributed by atoms with Gasteiger partial charge >= 0.3 is 0 Å². The fourth-order valence-electron chi connectivity index (χ4n) is 3.36. The first kappa shape index (κ1) is 22.5. The molecule has 3 aromatic carbocycles. The Morgan fingerprint density at radius 1 is 0.914 bits per heavy atom. The van der Waals surface area contributed by atoms with Gasteiger partial charge in [-0.15, -0.1) is 0 Å². The number of aromatic hydroxyl groups is 1. The summed E-state index contributed by atoms with van der Waals surface area (Å²) in [6, 6.07) is 19.2. The number of phenols is 1. The molecule has 174 valence electrons. The monoisotopic (exact) mass is 488 g/mol. The van der Waals surface area contributed by atoms with Crippen LogP contribution >= 0.6 is 11.8 Å². The van der Waals surface area contributed by atoms with Crippen molar-refractivity contribution in [3.63, 3.8) is 0 Å². The maximum absolute atomic E-state index is 14.0. The number of halogens is 2. The first-order valence-corrected chi connectivity index (χ1v) is 11.4. The Hall–Kier alpha value is -4.24. The third-order valence-corrected chi connectivity index (χ3v) is 6.16. The van der Waals surface area contributed by atoms with Crippen molar-refractivity contribution in [3.05, 3.63) is 103 Å². The van der Waals surface area contributed by atoms with Crippen LogP contribution in [0.2, 0.25) is 0 Å². The van der Waals surface area contributed by atoms with Crippen LogP contribution in [-0.4, -0.2) is 20.1 Å².